The Morgan fingerprint density at radius 3 is 2.25 bits per heavy atom. The molecule has 0 aliphatic carbocycles. The predicted octanol–water partition coefficient (Wildman–Crippen LogP) is -0.0539. The van der Waals surface area contributed by atoms with Crippen molar-refractivity contribution in [2.45, 2.75) is 0 Å². The van der Waals surface area contributed by atoms with E-state index in [0.29, 0.717) is 6.73 Å². The lowest BCUT2D eigenvalue weighted by molar-refractivity contribution is 0.0361. The largest absolute Gasteiger partial charge is 0.379 e. The molecule has 1 heterocycles. The molecule has 0 unspecified atom stereocenters. The molecule has 1 rings (SSSR count). The molecular formula is C8H19N6OP. The van der Waals surface area contributed by atoms with Crippen LogP contribution in [-0.4, -0.2) is 71.1 Å². The monoisotopic (exact) mass is 246 g/mol. The quantitative estimate of drug-likeness (QED) is 0.518. The predicted molar refractivity (Wildman–Crippen MR) is 63.5 cm³/mol. The van der Waals surface area contributed by atoms with Crippen LogP contribution in [-0.2, 0) is 0 Å². The van der Waals surface area contributed by atoms with Gasteiger partial charge in [-0.15, -0.1) is 5.10 Å². The second kappa shape index (κ2) is 6.10. The fourth-order valence-corrected chi connectivity index (χ4v) is 3.52. The summed E-state index contributed by atoms with van der Waals surface area (Å²) in [6.07, 6.45) is 3.25. The fourth-order valence-electron chi connectivity index (χ4n) is 1.43. The van der Waals surface area contributed by atoms with Crippen molar-refractivity contribution in [3.05, 3.63) is 12.4 Å². The molecule has 0 radical (unpaired) electrons. The van der Waals surface area contributed by atoms with Crippen LogP contribution in [0.2, 0.25) is 0 Å². The summed E-state index contributed by atoms with van der Waals surface area (Å²) >= 11 is 0. The van der Waals surface area contributed by atoms with Crippen molar-refractivity contribution in [1.82, 2.24) is 29.2 Å². The lowest BCUT2D eigenvalue weighted by Gasteiger charge is -2.36. The molecule has 7 nitrogen and oxygen atoms in total. The molecule has 0 aromatic carbocycles. The minimum atomic E-state index is -0.508. The molecule has 1 aromatic rings. The molecule has 1 aromatic heterocycles. The van der Waals surface area contributed by atoms with Crippen molar-refractivity contribution in [3.8, 4) is 0 Å². The standard InChI is InChI=1S/C8H19N6OP/c1-11(2)16(12(3)4)13(5)8-15-14-7-6-9-10-14/h6-7H,8H2,1-5H3. The van der Waals surface area contributed by atoms with Crippen molar-refractivity contribution in [2.24, 2.45) is 0 Å². The van der Waals surface area contributed by atoms with Gasteiger partial charge in [-0.1, -0.05) is 4.85 Å². The third-order valence-electron chi connectivity index (χ3n) is 1.80. The summed E-state index contributed by atoms with van der Waals surface area (Å²) in [6.45, 7) is 0.464. The van der Waals surface area contributed by atoms with Crippen LogP contribution in [0.15, 0.2) is 12.4 Å². The summed E-state index contributed by atoms with van der Waals surface area (Å²) in [7, 11) is 9.72. The van der Waals surface area contributed by atoms with E-state index in [1.807, 2.05) is 7.05 Å². The van der Waals surface area contributed by atoms with Gasteiger partial charge in [0.15, 0.2) is 6.73 Å². The molecule has 0 amide bonds. The molecule has 0 saturated heterocycles. The van der Waals surface area contributed by atoms with E-state index in [1.165, 1.54) is 4.85 Å². The molecular weight excluding hydrogens is 227 g/mol. The van der Waals surface area contributed by atoms with E-state index >= 15 is 0 Å². The van der Waals surface area contributed by atoms with Crippen molar-refractivity contribution >= 4 is 8.37 Å². The Morgan fingerprint density at radius 1 is 1.19 bits per heavy atom. The van der Waals surface area contributed by atoms with Crippen LogP contribution >= 0.6 is 8.37 Å². The van der Waals surface area contributed by atoms with Gasteiger partial charge >= 0.3 is 0 Å². The van der Waals surface area contributed by atoms with E-state index in [1.54, 1.807) is 12.4 Å². The SMILES string of the molecule is CN(C)P(N(C)C)N(C)COn1ccnn1. The van der Waals surface area contributed by atoms with Crippen molar-refractivity contribution in [1.29, 1.82) is 0 Å². The lowest BCUT2D eigenvalue weighted by Crippen LogP contribution is -2.33. The lowest BCUT2D eigenvalue weighted by atomic mass is 11.0. The maximum atomic E-state index is 5.42. The van der Waals surface area contributed by atoms with Crippen LogP contribution in [0.4, 0.5) is 0 Å². The molecule has 0 spiro atoms. The average Bonchev–Trinajstić information content (AvgIpc) is 2.65. The Morgan fingerprint density at radius 2 is 1.81 bits per heavy atom. The van der Waals surface area contributed by atoms with Crippen LogP contribution in [0.1, 0.15) is 0 Å². The molecule has 0 N–H and O–H groups in total. The van der Waals surface area contributed by atoms with E-state index in [2.05, 4.69) is 52.5 Å². The zero-order valence-corrected chi connectivity index (χ0v) is 11.3. The second-order valence-electron chi connectivity index (χ2n) is 3.68. The van der Waals surface area contributed by atoms with Gasteiger partial charge in [-0.2, -0.15) is 0 Å². The van der Waals surface area contributed by atoms with Gasteiger partial charge in [-0.25, -0.2) is 4.67 Å². The maximum Gasteiger partial charge on any atom is 0.175 e. The fraction of sp³-hybridized carbons (Fsp3) is 0.750. The van der Waals surface area contributed by atoms with Gasteiger partial charge in [0, 0.05) is 0 Å². The molecule has 0 saturated carbocycles. The van der Waals surface area contributed by atoms with Crippen LogP contribution < -0.4 is 4.84 Å². The third kappa shape index (κ3) is 3.68. The Hall–Kier alpha value is -0.750. The first-order valence-electron chi connectivity index (χ1n) is 4.87. The summed E-state index contributed by atoms with van der Waals surface area (Å²) in [4.78, 5) is 6.78. The average molecular weight is 246 g/mol. The molecule has 0 atom stereocenters. The molecule has 0 bridgehead atoms. The van der Waals surface area contributed by atoms with E-state index in [4.69, 9.17) is 4.84 Å². The van der Waals surface area contributed by atoms with Crippen molar-refractivity contribution in [2.75, 3.05) is 42.0 Å². The number of hydrogen-bond donors (Lipinski definition) is 0. The Bertz CT molecular complexity index is 283. The Kier molecular flexibility index (Phi) is 5.08. The third-order valence-corrected chi connectivity index (χ3v) is 3.96. The van der Waals surface area contributed by atoms with Gasteiger partial charge in [0.1, 0.15) is 8.37 Å². The minimum Gasteiger partial charge on any atom is -0.379 e. The van der Waals surface area contributed by atoms with Crippen LogP contribution in [0.5, 0.6) is 0 Å². The topological polar surface area (TPSA) is 49.7 Å². The minimum absolute atomic E-state index is 0.464. The molecule has 8 heteroatoms. The van der Waals surface area contributed by atoms with E-state index in [0.717, 1.165) is 0 Å². The highest BCUT2D eigenvalue weighted by Crippen LogP contribution is 2.41. The zero-order valence-electron chi connectivity index (χ0n) is 10.4. The van der Waals surface area contributed by atoms with Gasteiger partial charge in [0.25, 0.3) is 0 Å². The molecule has 0 aliphatic rings. The van der Waals surface area contributed by atoms with Crippen molar-refractivity contribution < 1.29 is 4.84 Å². The zero-order chi connectivity index (χ0) is 12.1. The van der Waals surface area contributed by atoms with Gasteiger partial charge in [-0.05, 0) is 40.5 Å². The van der Waals surface area contributed by atoms with E-state index in [-0.39, 0.29) is 0 Å². The van der Waals surface area contributed by atoms with Gasteiger partial charge in [-0.3, -0.25) is 9.34 Å². The summed E-state index contributed by atoms with van der Waals surface area (Å²) in [5, 5.41) is 7.40. The van der Waals surface area contributed by atoms with Crippen LogP contribution in [0, 0.1) is 0 Å². The highest BCUT2D eigenvalue weighted by atomic mass is 31.2. The molecule has 0 aliphatic heterocycles. The smallest absolute Gasteiger partial charge is 0.175 e. The van der Waals surface area contributed by atoms with E-state index in [9.17, 15) is 0 Å². The summed E-state index contributed by atoms with van der Waals surface area (Å²) < 4.78 is 6.46. The first-order valence-corrected chi connectivity index (χ1v) is 6.07. The Balaban J connectivity index is 2.46. The summed E-state index contributed by atoms with van der Waals surface area (Å²) in [5.74, 6) is 0. The highest BCUT2D eigenvalue weighted by molar-refractivity contribution is 7.49. The number of hydrogen-bond acceptors (Lipinski definition) is 6. The number of aromatic nitrogens is 3. The van der Waals surface area contributed by atoms with E-state index < -0.39 is 8.37 Å². The van der Waals surface area contributed by atoms with Crippen LogP contribution in [0.3, 0.4) is 0 Å². The molecule has 0 fully saturated rings. The molecule has 92 valence electrons. The summed E-state index contributed by atoms with van der Waals surface area (Å²) in [6, 6.07) is 0. The number of rotatable bonds is 6. The van der Waals surface area contributed by atoms with Crippen molar-refractivity contribution in [3.63, 3.8) is 0 Å². The van der Waals surface area contributed by atoms with Gasteiger partial charge in [0.2, 0.25) is 0 Å². The first kappa shape index (κ1) is 13.3. The Labute approximate surface area is 97.4 Å². The van der Waals surface area contributed by atoms with Gasteiger partial charge in [0.05, 0.1) is 12.4 Å². The first-order chi connectivity index (χ1) is 7.52. The number of nitrogens with zero attached hydrogens (tertiary/aromatic N) is 6. The second-order valence-corrected chi connectivity index (χ2v) is 6.50. The molecule has 16 heavy (non-hydrogen) atoms. The van der Waals surface area contributed by atoms with Crippen LogP contribution in [0.25, 0.3) is 0 Å². The summed E-state index contributed by atoms with van der Waals surface area (Å²) in [5.41, 5.74) is 0. The van der Waals surface area contributed by atoms with Gasteiger partial charge < -0.3 is 4.84 Å². The maximum absolute atomic E-state index is 5.42. The normalized spacial score (nSPS) is 12.1. The highest BCUT2D eigenvalue weighted by Gasteiger charge is 2.20.